The number of hydrogen-bond acceptors (Lipinski definition) is 5. The summed E-state index contributed by atoms with van der Waals surface area (Å²) in [6, 6.07) is 11.6. The molecule has 2 amide bonds. The number of para-hydroxylation sites is 2. The summed E-state index contributed by atoms with van der Waals surface area (Å²) < 4.78 is 32.4. The van der Waals surface area contributed by atoms with Gasteiger partial charge in [0, 0.05) is 19.2 Å². The molecule has 9 heteroatoms. The van der Waals surface area contributed by atoms with Crippen LogP contribution in [-0.2, 0) is 26.0 Å². The first-order valence-electron chi connectivity index (χ1n) is 9.72. The van der Waals surface area contributed by atoms with E-state index in [1.807, 2.05) is 6.92 Å². The molecule has 2 aromatic rings. The first-order chi connectivity index (χ1) is 14.3. The standard InChI is InChI=1S/C21H25N3O5S/c1-3-29-19-9-5-4-8-18(19)23-21(26)14-24(2)30(27,28)16-11-12-17-15(13-16)7-6-10-20(25)22-17/h4-5,8-9,11-13H,3,6-7,10,14H2,1-2H3,(H,22,25)(H,23,26). The minimum absolute atomic E-state index is 0.0783. The normalized spacial score (nSPS) is 13.9. The number of rotatable bonds is 7. The lowest BCUT2D eigenvalue weighted by molar-refractivity contribution is -0.117. The highest BCUT2D eigenvalue weighted by atomic mass is 32.2. The fourth-order valence-corrected chi connectivity index (χ4v) is 4.40. The van der Waals surface area contributed by atoms with Crippen molar-refractivity contribution < 1.29 is 22.7 Å². The number of nitrogens with one attached hydrogen (secondary N) is 2. The van der Waals surface area contributed by atoms with E-state index in [0.717, 1.165) is 9.87 Å². The third-order valence-corrected chi connectivity index (χ3v) is 6.54. The lowest BCUT2D eigenvalue weighted by Crippen LogP contribution is -2.35. The first-order valence-corrected chi connectivity index (χ1v) is 11.2. The van der Waals surface area contributed by atoms with Gasteiger partial charge >= 0.3 is 0 Å². The Bertz CT molecular complexity index is 1050. The predicted molar refractivity (Wildman–Crippen MR) is 114 cm³/mol. The molecule has 1 aliphatic rings. The molecule has 1 aliphatic heterocycles. The van der Waals surface area contributed by atoms with Crippen molar-refractivity contribution in [3.63, 3.8) is 0 Å². The number of ether oxygens (including phenoxy) is 1. The molecule has 0 unspecified atom stereocenters. The number of carbonyl (C=O) groups excluding carboxylic acids is 2. The van der Waals surface area contributed by atoms with Gasteiger partial charge in [-0.3, -0.25) is 9.59 Å². The molecule has 2 aromatic carbocycles. The van der Waals surface area contributed by atoms with Gasteiger partial charge in [0.25, 0.3) is 0 Å². The van der Waals surface area contributed by atoms with Gasteiger partial charge in [-0.05, 0) is 55.7 Å². The molecule has 30 heavy (non-hydrogen) atoms. The van der Waals surface area contributed by atoms with Crippen molar-refractivity contribution in [2.45, 2.75) is 31.1 Å². The summed E-state index contributed by atoms with van der Waals surface area (Å²) in [5.41, 5.74) is 1.88. The number of likely N-dealkylation sites (N-methyl/N-ethyl adjacent to an activating group) is 1. The van der Waals surface area contributed by atoms with Gasteiger partial charge in [-0.1, -0.05) is 12.1 Å². The van der Waals surface area contributed by atoms with Crippen molar-refractivity contribution in [2.24, 2.45) is 0 Å². The number of carbonyl (C=O) groups is 2. The molecule has 8 nitrogen and oxygen atoms in total. The van der Waals surface area contributed by atoms with Crippen LogP contribution in [0.15, 0.2) is 47.4 Å². The Labute approximate surface area is 176 Å². The van der Waals surface area contributed by atoms with Crippen LogP contribution in [0.2, 0.25) is 0 Å². The Morgan fingerprint density at radius 3 is 2.73 bits per heavy atom. The third-order valence-electron chi connectivity index (χ3n) is 4.74. The molecule has 0 spiro atoms. The summed E-state index contributed by atoms with van der Waals surface area (Å²) in [4.78, 5) is 24.2. The van der Waals surface area contributed by atoms with Crippen LogP contribution in [0.5, 0.6) is 5.75 Å². The highest BCUT2D eigenvalue weighted by Crippen LogP contribution is 2.27. The number of amides is 2. The van der Waals surface area contributed by atoms with E-state index in [1.54, 1.807) is 36.4 Å². The SMILES string of the molecule is CCOc1ccccc1NC(=O)CN(C)S(=O)(=O)c1ccc2c(c1)CCCC(=O)N2. The second-order valence-electron chi connectivity index (χ2n) is 6.96. The molecule has 0 bridgehead atoms. The number of benzene rings is 2. The molecule has 0 saturated heterocycles. The van der Waals surface area contributed by atoms with Crippen molar-refractivity contribution in [1.82, 2.24) is 4.31 Å². The van der Waals surface area contributed by atoms with E-state index in [0.29, 0.717) is 43.0 Å². The molecule has 0 fully saturated rings. The molecule has 3 rings (SSSR count). The van der Waals surface area contributed by atoms with Crippen molar-refractivity contribution >= 4 is 33.2 Å². The lowest BCUT2D eigenvalue weighted by atomic mass is 10.1. The number of hydrogen-bond donors (Lipinski definition) is 2. The van der Waals surface area contributed by atoms with Crippen LogP contribution in [0.3, 0.4) is 0 Å². The van der Waals surface area contributed by atoms with E-state index in [9.17, 15) is 18.0 Å². The van der Waals surface area contributed by atoms with Crippen molar-refractivity contribution in [2.75, 3.05) is 30.8 Å². The predicted octanol–water partition coefficient (Wildman–Crippen LogP) is 2.62. The van der Waals surface area contributed by atoms with Gasteiger partial charge in [0.2, 0.25) is 21.8 Å². The maximum Gasteiger partial charge on any atom is 0.243 e. The largest absolute Gasteiger partial charge is 0.492 e. The monoisotopic (exact) mass is 431 g/mol. The van der Waals surface area contributed by atoms with Crippen LogP contribution < -0.4 is 15.4 Å². The lowest BCUT2D eigenvalue weighted by Gasteiger charge is -2.18. The average molecular weight is 432 g/mol. The number of sulfonamides is 1. The van der Waals surface area contributed by atoms with E-state index >= 15 is 0 Å². The van der Waals surface area contributed by atoms with E-state index in [2.05, 4.69) is 10.6 Å². The molecule has 0 aromatic heterocycles. The first kappa shape index (κ1) is 21.8. The fraction of sp³-hybridized carbons (Fsp3) is 0.333. The molecule has 1 heterocycles. The molecular weight excluding hydrogens is 406 g/mol. The van der Waals surface area contributed by atoms with E-state index in [4.69, 9.17) is 4.74 Å². The van der Waals surface area contributed by atoms with Gasteiger partial charge < -0.3 is 15.4 Å². The summed E-state index contributed by atoms with van der Waals surface area (Å²) in [6.45, 7) is 1.93. The maximum absolute atomic E-state index is 13.0. The third kappa shape index (κ3) is 4.98. The van der Waals surface area contributed by atoms with Gasteiger partial charge in [-0.15, -0.1) is 0 Å². The van der Waals surface area contributed by atoms with Crippen LogP contribution in [0, 0.1) is 0 Å². The van der Waals surface area contributed by atoms with E-state index in [1.165, 1.54) is 13.1 Å². The average Bonchev–Trinajstić information content (AvgIpc) is 2.89. The summed E-state index contributed by atoms with van der Waals surface area (Å²) in [5.74, 6) is -0.0348. The van der Waals surface area contributed by atoms with Gasteiger partial charge in [-0.25, -0.2) is 8.42 Å². The second kappa shape index (κ2) is 9.27. The van der Waals surface area contributed by atoms with Crippen LogP contribution in [-0.4, -0.2) is 44.7 Å². The second-order valence-corrected chi connectivity index (χ2v) is 9.00. The minimum Gasteiger partial charge on any atom is -0.492 e. The highest BCUT2D eigenvalue weighted by molar-refractivity contribution is 7.89. The zero-order chi connectivity index (χ0) is 21.7. The Kier molecular flexibility index (Phi) is 6.73. The minimum atomic E-state index is -3.88. The summed E-state index contributed by atoms with van der Waals surface area (Å²) in [7, 11) is -2.52. The van der Waals surface area contributed by atoms with E-state index in [-0.39, 0.29) is 17.3 Å². The topological polar surface area (TPSA) is 105 Å². The van der Waals surface area contributed by atoms with Gasteiger partial charge in [0.05, 0.1) is 23.7 Å². The summed E-state index contributed by atoms with van der Waals surface area (Å²) >= 11 is 0. The summed E-state index contributed by atoms with van der Waals surface area (Å²) in [6.07, 6.45) is 1.66. The zero-order valence-electron chi connectivity index (χ0n) is 17.0. The van der Waals surface area contributed by atoms with Gasteiger partial charge in [0.1, 0.15) is 5.75 Å². The van der Waals surface area contributed by atoms with Crippen molar-refractivity contribution in [3.05, 3.63) is 48.0 Å². The molecule has 0 saturated carbocycles. The molecule has 160 valence electrons. The molecule has 0 atom stereocenters. The quantitative estimate of drug-likeness (QED) is 0.701. The fourth-order valence-electron chi connectivity index (χ4n) is 3.22. The maximum atomic E-state index is 13.0. The Hall–Kier alpha value is -2.91. The molecule has 0 aliphatic carbocycles. The number of aryl methyl sites for hydroxylation is 1. The van der Waals surface area contributed by atoms with Gasteiger partial charge in [-0.2, -0.15) is 4.31 Å². The number of fused-ring (bicyclic) bond motifs is 1. The Morgan fingerprint density at radius 1 is 1.20 bits per heavy atom. The van der Waals surface area contributed by atoms with Gasteiger partial charge in [0.15, 0.2) is 0 Å². The molecular formula is C21H25N3O5S. The molecule has 2 N–H and O–H groups in total. The van der Waals surface area contributed by atoms with Crippen LogP contribution in [0.25, 0.3) is 0 Å². The van der Waals surface area contributed by atoms with Crippen molar-refractivity contribution in [1.29, 1.82) is 0 Å². The highest BCUT2D eigenvalue weighted by Gasteiger charge is 2.25. The van der Waals surface area contributed by atoms with Crippen LogP contribution >= 0.6 is 0 Å². The smallest absolute Gasteiger partial charge is 0.243 e. The van der Waals surface area contributed by atoms with Crippen molar-refractivity contribution in [3.8, 4) is 5.75 Å². The van der Waals surface area contributed by atoms with Crippen LogP contribution in [0.4, 0.5) is 11.4 Å². The Morgan fingerprint density at radius 2 is 1.97 bits per heavy atom. The molecule has 0 radical (unpaired) electrons. The number of nitrogens with zero attached hydrogens (tertiary/aromatic N) is 1. The zero-order valence-corrected chi connectivity index (χ0v) is 17.8. The van der Waals surface area contributed by atoms with Crippen LogP contribution in [0.1, 0.15) is 25.3 Å². The van der Waals surface area contributed by atoms with E-state index < -0.39 is 15.9 Å². The number of anilines is 2. The summed E-state index contributed by atoms with van der Waals surface area (Å²) in [5, 5.41) is 5.48. The Balaban J connectivity index is 1.73.